The summed E-state index contributed by atoms with van der Waals surface area (Å²) in [6.07, 6.45) is 4.40. The number of benzene rings is 1. The monoisotopic (exact) mass is 321 g/mol. The minimum Gasteiger partial charge on any atom is -0.494 e. The van der Waals surface area contributed by atoms with Gasteiger partial charge in [-0.1, -0.05) is 12.1 Å². The van der Waals surface area contributed by atoms with Gasteiger partial charge in [-0.05, 0) is 29.3 Å². The number of nitrogens with one attached hydrogen (secondary N) is 1. The van der Waals surface area contributed by atoms with E-state index in [0.29, 0.717) is 23.4 Å². The average Bonchev–Trinajstić information content (AvgIpc) is 3.24. The molecular weight excluding hydrogens is 306 g/mol. The Balaban J connectivity index is 1.69. The van der Waals surface area contributed by atoms with Gasteiger partial charge in [0, 0.05) is 12.6 Å². The van der Waals surface area contributed by atoms with E-state index in [1.54, 1.807) is 11.8 Å². The minimum absolute atomic E-state index is 0.420. The third-order valence-corrected chi connectivity index (χ3v) is 3.75. The van der Waals surface area contributed by atoms with Gasteiger partial charge in [0.25, 0.3) is 0 Å². The molecule has 3 aromatic heterocycles. The molecule has 4 aromatic rings. The Morgan fingerprint density at radius 2 is 2.12 bits per heavy atom. The van der Waals surface area contributed by atoms with E-state index in [0.717, 1.165) is 22.6 Å². The van der Waals surface area contributed by atoms with Gasteiger partial charge in [0.1, 0.15) is 22.8 Å². The first kappa shape index (κ1) is 14.2. The number of para-hydroxylation sites is 2. The molecule has 120 valence electrons. The number of nitrogens with zero attached hydrogens (tertiary/aromatic N) is 5. The van der Waals surface area contributed by atoms with Crippen LogP contribution in [-0.4, -0.2) is 37.3 Å². The summed E-state index contributed by atoms with van der Waals surface area (Å²) < 4.78 is 7.17. The fourth-order valence-corrected chi connectivity index (χ4v) is 2.68. The van der Waals surface area contributed by atoms with Gasteiger partial charge in [-0.25, -0.2) is 9.67 Å². The highest BCUT2D eigenvalue weighted by atomic mass is 16.5. The van der Waals surface area contributed by atoms with Crippen molar-refractivity contribution in [1.29, 1.82) is 0 Å². The third-order valence-electron chi connectivity index (χ3n) is 3.75. The highest BCUT2D eigenvalue weighted by Crippen LogP contribution is 2.23. The third kappa shape index (κ3) is 2.43. The highest BCUT2D eigenvalue weighted by Gasteiger charge is 2.11. The summed E-state index contributed by atoms with van der Waals surface area (Å²) in [4.78, 5) is 4.15. The molecule has 0 unspecified atom stereocenters. The molecule has 0 spiro atoms. The van der Waals surface area contributed by atoms with Crippen molar-refractivity contribution < 1.29 is 4.74 Å². The summed E-state index contributed by atoms with van der Waals surface area (Å²) in [5.74, 6) is 1.18. The molecule has 0 saturated carbocycles. The van der Waals surface area contributed by atoms with Gasteiger partial charge in [0.2, 0.25) is 5.65 Å². The maximum absolute atomic E-state index is 5.84. The van der Waals surface area contributed by atoms with Crippen molar-refractivity contribution in [2.45, 2.75) is 6.42 Å². The molecule has 3 N–H and O–H groups in total. The van der Waals surface area contributed by atoms with Crippen molar-refractivity contribution in [3.05, 3.63) is 53.9 Å². The number of nitrogen functional groups attached to an aromatic ring is 1. The maximum atomic E-state index is 5.84. The summed E-state index contributed by atoms with van der Waals surface area (Å²) in [6.45, 7) is 0. The lowest BCUT2D eigenvalue weighted by Crippen LogP contribution is -1.98. The second-order valence-corrected chi connectivity index (χ2v) is 5.34. The van der Waals surface area contributed by atoms with Crippen LogP contribution in [0, 0.1) is 0 Å². The number of hydrogen-bond acceptors (Lipinski definition) is 6. The largest absolute Gasteiger partial charge is 0.494 e. The molecule has 0 fully saturated rings. The van der Waals surface area contributed by atoms with E-state index in [1.807, 2.05) is 42.7 Å². The number of aromatic amines is 1. The molecule has 24 heavy (non-hydrogen) atoms. The fourth-order valence-electron chi connectivity index (χ4n) is 2.68. The van der Waals surface area contributed by atoms with Gasteiger partial charge in [0.15, 0.2) is 0 Å². The van der Waals surface area contributed by atoms with E-state index in [9.17, 15) is 0 Å². The van der Waals surface area contributed by atoms with Gasteiger partial charge >= 0.3 is 0 Å². The zero-order valence-corrected chi connectivity index (χ0v) is 13.0. The highest BCUT2D eigenvalue weighted by molar-refractivity contribution is 5.76. The molecular formula is C16H15N7O. The number of H-pyrrole nitrogens is 1. The summed E-state index contributed by atoms with van der Waals surface area (Å²) >= 11 is 0. The van der Waals surface area contributed by atoms with Crippen LogP contribution in [0.3, 0.4) is 0 Å². The van der Waals surface area contributed by atoms with E-state index in [4.69, 9.17) is 10.5 Å². The van der Waals surface area contributed by atoms with E-state index >= 15 is 0 Å². The molecule has 8 heteroatoms. The zero-order chi connectivity index (χ0) is 16.5. The van der Waals surface area contributed by atoms with Crippen molar-refractivity contribution in [2.24, 2.45) is 0 Å². The first-order chi connectivity index (χ1) is 11.7. The number of aromatic nitrogens is 6. The van der Waals surface area contributed by atoms with Crippen molar-refractivity contribution in [1.82, 2.24) is 30.2 Å². The van der Waals surface area contributed by atoms with Gasteiger partial charge in [-0.2, -0.15) is 15.4 Å². The summed E-state index contributed by atoms with van der Waals surface area (Å²) in [7, 11) is 1.64. The second kappa shape index (κ2) is 5.65. The van der Waals surface area contributed by atoms with Crippen LogP contribution in [0.2, 0.25) is 0 Å². The van der Waals surface area contributed by atoms with Crippen molar-refractivity contribution in [2.75, 3.05) is 12.8 Å². The Kier molecular flexibility index (Phi) is 3.34. The second-order valence-electron chi connectivity index (χ2n) is 5.34. The van der Waals surface area contributed by atoms with Crippen molar-refractivity contribution in [3.63, 3.8) is 0 Å². The molecule has 0 aliphatic carbocycles. The van der Waals surface area contributed by atoms with E-state index in [2.05, 4.69) is 25.5 Å². The molecule has 0 saturated heterocycles. The molecule has 1 aromatic carbocycles. The number of ether oxygens (including phenoxy) is 1. The SMILES string of the molecule is COc1ccccc1-n1cc(Cc2cc(N)nc3n[nH]nc23)cn1. The van der Waals surface area contributed by atoms with Crippen LogP contribution in [0.1, 0.15) is 11.1 Å². The predicted molar refractivity (Wildman–Crippen MR) is 89.0 cm³/mol. The molecule has 0 aliphatic heterocycles. The Morgan fingerprint density at radius 3 is 3.00 bits per heavy atom. The van der Waals surface area contributed by atoms with Crippen LogP contribution >= 0.6 is 0 Å². The number of anilines is 1. The van der Waals surface area contributed by atoms with Crippen LogP contribution in [-0.2, 0) is 6.42 Å². The normalized spacial score (nSPS) is 11.0. The number of rotatable bonds is 4. The average molecular weight is 321 g/mol. The fraction of sp³-hybridized carbons (Fsp3) is 0.125. The minimum atomic E-state index is 0.420. The van der Waals surface area contributed by atoms with E-state index in [-0.39, 0.29) is 0 Å². The first-order valence-electron chi connectivity index (χ1n) is 7.37. The summed E-state index contributed by atoms with van der Waals surface area (Å²) in [5, 5.41) is 15.1. The lowest BCUT2D eigenvalue weighted by molar-refractivity contribution is 0.411. The standard InChI is InChI=1S/C16H15N7O/c1-24-13-5-3-2-4-12(13)23-9-10(8-18-23)6-11-7-14(17)19-16-15(11)20-22-21-16/h2-5,7-9H,6H2,1H3,(H3,17,19,20,21,22). The lowest BCUT2D eigenvalue weighted by atomic mass is 10.1. The number of fused-ring (bicyclic) bond motifs is 1. The molecule has 0 bridgehead atoms. The van der Waals surface area contributed by atoms with Gasteiger partial charge < -0.3 is 10.5 Å². The van der Waals surface area contributed by atoms with Gasteiger partial charge in [-0.15, -0.1) is 5.10 Å². The quantitative estimate of drug-likeness (QED) is 0.592. The van der Waals surface area contributed by atoms with Crippen LogP contribution in [0.15, 0.2) is 42.7 Å². The number of pyridine rings is 1. The number of hydrogen-bond donors (Lipinski definition) is 2. The van der Waals surface area contributed by atoms with E-state index in [1.165, 1.54) is 0 Å². The zero-order valence-electron chi connectivity index (χ0n) is 13.0. The van der Waals surface area contributed by atoms with Gasteiger partial charge in [-0.3, -0.25) is 0 Å². The van der Waals surface area contributed by atoms with Crippen LogP contribution < -0.4 is 10.5 Å². The molecule has 0 atom stereocenters. The Hall–Kier alpha value is -3.42. The molecule has 3 heterocycles. The van der Waals surface area contributed by atoms with Crippen LogP contribution in [0.5, 0.6) is 5.75 Å². The van der Waals surface area contributed by atoms with Crippen LogP contribution in [0.4, 0.5) is 5.82 Å². The Morgan fingerprint density at radius 1 is 1.25 bits per heavy atom. The molecule has 0 radical (unpaired) electrons. The predicted octanol–water partition coefficient (Wildman–Crippen LogP) is 1.72. The number of methoxy groups -OCH3 is 1. The van der Waals surface area contributed by atoms with Gasteiger partial charge in [0.05, 0.1) is 13.3 Å². The number of nitrogens with two attached hydrogens (primary N) is 1. The van der Waals surface area contributed by atoms with Crippen LogP contribution in [0.25, 0.3) is 16.9 Å². The van der Waals surface area contributed by atoms with E-state index < -0.39 is 0 Å². The molecule has 0 amide bonds. The van der Waals surface area contributed by atoms with Crippen molar-refractivity contribution in [3.8, 4) is 11.4 Å². The summed E-state index contributed by atoms with van der Waals surface area (Å²) in [6, 6.07) is 9.54. The molecule has 4 rings (SSSR count). The Bertz CT molecular complexity index is 1000. The first-order valence-corrected chi connectivity index (χ1v) is 7.37. The topological polar surface area (TPSA) is 108 Å². The summed E-state index contributed by atoms with van der Waals surface area (Å²) in [5.41, 5.74) is 9.93. The molecule has 8 nitrogen and oxygen atoms in total. The smallest absolute Gasteiger partial charge is 0.203 e. The molecule has 0 aliphatic rings. The maximum Gasteiger partial charge on any atom is 0.203 e. The Labute approximate surface area is 137 Å². The van der Waals surface area contributed by atoms with Crippen molar-refractivity contribution >= 4 is 17.0 Å². The lowest BCUT2D eigenvalue weighted by Gasteiger charge is -2.07.